The molecule has 2 aromatic rings. The Morgan fingerprint density at radius 1 is 1.14 bits per heavy atom. The first kappa shape index (κ1) is 15.3. The van der Waals surface area contributed by atoms with Crippen LogP contribution in [-0.2, 0) is 14.3 Å². The minimum absolute atomic E-state index is 0.231. The quantitative estimate of drug-likeness (QED) is 0.464. The molecule has 0 fully saturated rings. The van der Waals surface area contributed by atoms with Gasteiger partial charge in [-0.15, -0.1) is 0 Å². The molecule has 0 aliphatic carbocycles. The predicted octanol–water partition coefficient (Wildman–Crippen LogP) is 3.49. The lowest BCUT2D eigenvalue weighted by Gasteiger charge is -2.11. The first-order chi connectivity index (χ1) is 10.2. The fourth-order valence-corrected chi connectivity index (χ4v) is 2.11. The molecule has 0 saturated heterocycles. The van der Waals surface area contributed by atoms with E-state index in [2.05, 4.69) is 0 Å². The Kier molecular flexibility index (Phi) is 5.17. The van der Waals surface area contributed by atoms with E-state index >= 15 is 0 Å². The number of hydrogen-bond donors (Lipinski definition) is 0. The molecule has 4 nitrogen and oxygen atoms in total. The summed E-state index contributed by atoms with van der Waals surface area (Å²) in [5.41, 5.74) is 0.942. The highest BCUT2D eigenvalue weighted by molar-refractivity contribution is 5.86. The Balaban J connectivity index is 2.21. The number of methoxy groups -OCH3 is 1. The molecule has 0 radical (unpaired) electrons. The Morgan fingerprint density at radius 2 is 1.86 bits per heavy atom. The molecule has 4 heteroatoms. The van der Waals surface area contributed by atoms with Crippen LogP contribution in [0.3, 0.4) is 0 Å². The molecule has 1 unspecified atom stereocenters. The molecule has 2 rings (SSSR count). The van der Waals surface area contributed by atoms with Crippen molar-refractivity contribution in [3.63, 3.8) is 0 Å². The van der Waals surface area contributed by atoms with Gasteiger partial charge in [-0.1, -0.05) is 24.3 Å². The van der Waals surface area contributed by atoms with Gasteiger partial charge in [-0.25, -0.2) is 0 Å². The van der Waals surface area contributed by atoms with Gasteiger partial charge in [0.05, 0.1) is 13.0 Å². The summed E-state index contributed by atoms with van der Waals surface area (Å²) in [7, 11) is 1.40. The maximum atomic E-state index is 11.6. The van der Waals surface area contributed by atoms with Crippen LogP contribution in [0.5, 0.6) is 5.75 Å². The summed E-state index contributed by atoms with van der Waals surface area (Å²) in [4.78, 5) is 11.6. The maximum absolute atomic E-state index is 11.6. The largest absolute Gasteiger partial charge is 0.469 e. The Labute approximate surface area is 124 Å². The predicted molar refractivity (Wildman–Crippen MR) is 81.5 cm³/mol. The number of carbonyl (C=O) groups excluding carboxylic acids is 1. The van der Waals surface area contributed by atoms with Crippen LogP contribution in [-0.4, -0.2) is 26.5 Å². The van der Waals surface area contributed by atoms with E-state index in [9.17, 15) is 4.79 Å². The number of esters is 1. The van der Waals surface area contributed by atoms with E-state index in [1.807, 2.05) is 50.2 Å². The highest BCUT2D eigenvalue weighted by atomic mass is 16.7. The molecule has 112 valence electrons. The van der Waals surface area contributed by atoms with Gasteiger partial charge in [-0.05, 0) is 42.3 Å². The number of fused-ring (bicyclic) bond motifs is 1. The molecular weight excluding hydrogens is 268 g/mol. The minimum Gasteiger partial charge on any atom is -0.469 e. The second-order valence-electron chi connectivity index (χ2n) is 4.77. The molecule has 0 bridgehead atoms. The number of rotatable bonds is 6. The molecule has 0 amide bonds. The molecular formula is C17H20O4. The van der Waals surface area contributed by atoms with E-state index < -0.39 is 0 Å². The van der Waals surface area contributed by atoms with Crippen LogP contribution in [0.15, 0.2) is 36.4 Å². The third-order valence-corrected chi connectivity index (χ3v) is 3.40. The van der Waals surface area contributed by atoms with Crippen LogP contribution in [0.2, 0.25) is 0 Å². The first-order valence-electron chi connectivity index (χ1n) is 6.97. The molecule has 0 N–H and O–H groups in total. The first-order valence-corrected chi connectivity index (χ1v) is 6.97. The van der Waals surface area contributed by atoms with Gasteiger partial charge in [0.25, 0.3) is 0 Å². The second-order valence-corrected chi connectivity index (χ2v) is 4.77. The SMILES string of the molecule is CCOCOc1ccc2cc(C(C)C(=O)OC)ccc2c1. The smallest absolute Gasteiger partial charge is 0.312 e. The molecule has 21 heavy (non-hydrogen) atoms. The number of hydrogen-bond acceptors (Lipinski definition) is 4. The van der Waals surface area contributed by atoms with Gasteiger partial charge in [-0.2, -0.15) is 0 Å². The highest BCUT2D eigenvalue weighted by Crippen LogP contribution is 2.25. The van der Waals surface area contributed by atoms with Crippen molar-refractivity contribution in [1.82, 2.24) is 0 Å². The third kappa shape index (κ3) is 3.73. The van der Waals surface area contributed by atoms with Crippen molar-refractivity contribution in [3.05, 3.63) is 42.0 Å². The van der Waals surface area contributed by atoms with Crippen LogP contribution in [0, 0.1) is 0 Å². The summed E-state index contributed by atoms with van der Waals surface area (Å²) in [5, 5.41) is 2.12. The maximum Gasteiger partial charge on any atom is 0.312 e. The van der Waals surface area contributed by atoms with Crippen molar-refractivity contribution in [2.24, 2.45) is 0 Å². The van der Waals surface area contributed by atoms with Crippen molar-refractivity contribution in [2.45, 2.75) is 19.8 Å². The van der Waals surface area contributed by atoms with Crippen molar-refractivity contribution < 1.29 is 19.0 Å². The molecule has 0 aromatic heterocycles. The van der Waals surface area contributed by atoms with Gasteiger partial charge in [0.15, 0.2) is 6.79 Å². The van der Waals surface area contributed by atoms with Gasteiger partial charge in [-0.3, -0.25) is 4.79 Å². The molecule has 0 spiro atoms. The zero-order valence-corrected chi connectivity index (χ0v) is 12.6. The van der Waals surface area contributed by atoms with Gasteiger partial charge < -0.3 is 14.2 Å². The fourth-order valence-electron chi connectivity index (χ4n) is 2.11. The topological polar surface area (TPSA) is 44.8 Å². The van der Waals surface area contributed by atoms with Gasteiger partial charge in [0, 0.05) is 6.61 Å². The Bertz CT molecular complexity index is 621. The lowest BCUT2D eigenvalue weighted by molar-refractivity contribution is -0.141. The monoisotopic (exact) mass is 288 g/mol. The van der Waals surface area contributed by atoms with Gasteiger partial charge in [0.1, 0.15) is 5.75 Å². The summed E-state index contributed by atoms with van der Waals surface area (Å²) in [6.45, 7) is 4.64. The van der Waals surface area contributed by atoms with Crippen molar-refractivity contribution in [2.75, 3.05) is 20.5 Å². The van der Waals surface area contributed by atoms with Crippen molar-refractivity contribution in [3.8, 4) is 5.75 Å². The van der Waals surface area contributed by atoms with E-state index in [4.69, 9.17) is 14.2 Å². The summed E-state index contributed by atoms with van der Waals surface area (Å²) < 4.78 is 15.4. The van der Waals surface area contributed by atoms with E-state index in [0.29, 0.717) is 6.61 Å². The van der Waals surface area contributed by atoms with Crippen molar-refractivity contribution >= 4 is 16.7 Å². The molecule has 1 atom stereocenters. The normalized spacial score (nSPS) is 12.1. The van der Waals surface area contributed by atoms with Crippen LogP contribution >= 0.6 is 0 Å². The molecule has 0 heterocycles. The molecule has 0 aliphatic heterocycles. The molecule has 2 aromatic carbocycles. The van der Waals surface area contributed by atoms with Crippen LogP contribution < -0.4 is 4.74 Å². The van der Waals surface area contributed by atoms with Crippen LogP contribution in [0.1, 0.15) is 25.3 Å². The van der Waals surface area contributed by atoms with Gasteiger partial charge in [0.2, 0.25) is 0 Å². The average Bonchev–Trinajstić information content (AvgIpc) is 2.53. The molecule has 0 aliphatic rings. The lowest BCUT2D eigenvalue weighted by Crippen LogP contribution is -2.10. The number of carbonyl (C=O) groups is 1. The van der Waals surface area contributed by atoms with Gasteiger partial charge >= 0.3 is 5.97 Å². The van der Waals surface area contributed by atoms with E-state index in [1.54, 1.807) is 0 Å². The summed E-state index contributed by atoms with van der Waals surface area (Å²) in [6.07, 6.45) is 0. The minimum atomic E-state index is -0.270. The zero-order valence-electron chi connectivity index (χ0n) is 12.6. The molecule has 0 saturated carbocycles. The number of ether oxygens (including phenoxy) is 3. The summed E-state index contributed by atoms with van der Waals surface area (Å²) in [5.74, 6) is 0.268. The highest BCUT2D eigenvalue weighted by Gasteiger charge is 2.15. The summed E-state index contributed by atoms with van der Waals surface area (Å²) in [6, 6.07) is 11.8. The van der Waals surface area contributed by atoms with E-state index in [-0.39, 0.29) is 18.7 Å². The van der Waals surface area contributed by atoms with Crippen LogP contribution in [0.4, 0.5) is 0 Å². The lowest BCUT2D eigenvalue weighted by atomic mass is 9.98. The average molecular weight is 288 g/mol. The fraction of sp³-hybridized carbons (Fsp3) is 0.353. The standard InChI is InChI=1S/C17H20O4/c1-4-20-11-21-16-8-7-14-9-13(5-6-15(14)10-16)12(2)17(18)19-3/h5-10,12H,4,11H2,1-3H3. The second kappa shape index (κ2) is 7.09. The third-order valence-electron chi connectivity index (χ3n) is 3.40. The van der Waals surface area contributed by atoms with Crippen molar-refractivity contribution in [1.29, 1.82) is 0 Å². The zero-order chi connectivity index (χ0) is 15.2. The number of benzene rings is 2. The summed E-state index contributed by atoms with van der Waals surface area (Å²) >= 11 is 0. The Hall–Kier alpha value is -2.07. The Morgan fingerprint density at radius 3 is 2.57 bits per heavy atom. The van der Waals surface area contributed by atoms with E-state index in [1.165, 1.54) is 7.11 Å². The van der Waals surface area contributed by atoms with E-state index in [0.717, 1.165) is 22.1 Å². The van der Waals surface area contributed by atoms with Crippen LogP contribution in [0.25, 0.3) is 10.8 Å².